The lowest BCUT2D eigenvalue weighted by Gasteiger charge is -2.32. The first-order valence-corrected chi connectivity index (χ1v) is 6.66. The molecule has 0 radical (unpaired) electrons. The van der Waals surface area contributed by atoms with Gasteiger partial charge < -0.3 is 15.0 Å². The van der Waals surface area contributed by atoms with Gasteiger partial charge in [0.2, 0.25) is 0 Å². The molecule has 1 rings (SSSR count). The van der Waals surface area contributed by atoms with Crippen LogP contribution in [-0.4, -0.2) is 18.3 Å². The molecule has 0 atom stereocenters. The third-order valence-electron chi connectivity index (χ3n) is 3.71. The van der Waals surface area contributed by atoms with Gasteiger partial charge in [-0.3, -0.25) is 0 Å². The first-order chi connectivity index (χ1) is 8.10. The van der Waals surface area contributed by atoms with E-state index in [1.54, 1.807) is 6.08 Å². The van der Waals surface area contributed by atoms with Crippen LogP contribution >= 0.6 is 11.6 Å². The van der Waals surface area contributed by atoms with Crippen molar-refractivity contribution in [3.05, 3.63) is 22.3 Å². The maximum absolute atomic E-state index is 6.01. The quantitative estimate of drug-likeness (QED) is 0.632. The molecule has 5 heteroatoms. The SMILES string of the molecule is CC/C(Cl)=C\C(N)=C(/C)B1OC(C)(C)C(C)(C)O1. The van der Waals surface area contributed by atoms with Crippen molar-refractivity contribution >= 4 is 18.7 Å². The Morgan fingerprint density at radius 3 is 2.06 bits per heavy atom. The molecular weight excluding hydrogens is 248 g/mol. The summed E-state index contributed by atoms with van der Waals surface area (Å²) in [7, 11) is -0.410. The van der Waals surface area contributed by atoms with E-state index in [9.17, 15) is 0 Å². The lowest BCUT2D eigenvalue weighted by molar-refractivity contribution is 0.00578. The molecule has 0 aromatic rings. The maximum Gasteiger partial charge on any atom is 0.492 e. The molecule has 0 aliphatic carbocycles. The van der Waals surface area contributed by atoms with Crippen molar-refractivity contribution in [2.24, 2.45) is 5.73 Å². The Kier molecular flexibility index (Phi) is 4.58. The third-order valence-corrected chi connectivity index (χ3v) is 4.09. The molecule has 2 N–H and O–H groups in total. The standard InChI is InChI=1S/C13H23BClNO2/c1-7-10(15)8-11(16)9(2)14-17-12(3,4)13(5,6)18-14/h8H,7,16H2,1-6H3/b10-8+,11-9-. The van der Waals surface area contributed by atoms with E-state index in [1.807, 2.05) is 41.5 Å². The van der Waals surface area contributed by atoms with E-state index >= 15 is 0 Å². The minimum Gasteiger partial charge on any atom is -0.400 e. The summed E-state index contributed by atoms with van der Waals surface area (Å²) in [6.45, 7) is 12.0. The Labute approximate surface area is 115 Å². The van der Waals surface area contributed by atoms with Gasteiger partial charge in [-0.25, -0.2) is 0 Å². The predicted octanol–water partition coefficient (Wildman–Crippen LogP) is 3.38. The van der Waals surface area contributed by atoms with Crippen LogP contribution in [0.25, 0.3) is 0 Å². The molecular formula is C13H23BClNO2. The van der Waals surface area contributed by atoms with Crippen LogP contribution in [0.1, 0.15) is 48.0 Å². The lowest BCUT2D eigenvalue weighted by Crippen LogP contribution is -2.41. The first-order valence-electron chi connectivity index (χ1n) is 6.28. The number of nitrogens with two attached hydrogens (primary N) is 1. The molecule has 102 valence electrons. The van der Waals surface area contributed by atoms with E-state index in [1.165, 1.54) is 0 Å². The van der Waals surface area contributed by atoms with Gasteiger partial charge in [-0.2, -0.15) is 0 Å². The molecule has 0 bridgehead atoms. The van der Waals surface area contributed by atoms with Crippen molar-refractivity contribution in [1.82, 2.24) is 0 Å². The number of allylic oxidation sites excluding steroid dienone is 3. The second-order valence-corrected chi connectivity index (χ2v) is 6.16. The Hall–Kier alpha value is -0.445. The second-order valence-electron chi connectivity index (χ2n) is 5.67. The minimum absolute atomic E-state index is 0.350. The van der Waals surface area contributed by atoms with Crippen LogP contribution in [0.15, 0.2) is 22.3 Å². The van der Waals surface area contributed by atoms with E-state index in [2.05, 4.69) is 0 Å². The first kappa shape index (κ1) is 15.6. The molecule has 0 saturated carbocycles. The van der Waals surface area contributed by atoms with Crippen LogP contribution in [-0.2, 0) is 9.31 Å². The monoisotopic (exact) mass is 271 g/mol. The van der Waals surface area contributed by atoms with Crippen molar-refractivity contribution in [3.8, 4) is 0 Å². The molecule has 0 aromatic heterocycles. The number of hydrogen-bond acceptors (Lipinski definition) is 3. The minimum atomic E-state index is -0.410. The Morgan fingerprint density at radius 2 is 1.67 bits per heavy atom. The zero-order chi connectivity index (χ0) is 14.1. The molecule has 0 amide bonds. The van der Waals surface area contributed by atoms with Gasteiger partial charge in [-0.15, -0.1) is 0 Å². The maximum atomic E-state index is 6.01. The summed E-state index contributed by atoms with van der Waals surface area (Å²) in [5.74, 6) is 0. The predicted molar refractivity (Wildman–Crippen MR) is 77.2 cm³/mol. The summed E-state index contributed by atoms with van der Waals surface area (Å²) >= 11 is 5.99. The van der Waals surface area contributed by atoms with Gasteiger partial charge in [0.1, 0.15) is 0 Å². The molecule has 0 aromatic carbocycles. The average Bonchev–Trinajstić information content (AvgIpc) is 2.46. The van der Waals surface area contributed by atoms with Crippen LogP contribution in [0.2, 0.25) is 0 Å². The van der Waals surface area contributed by atoms with Crippen molar-refractivity contribution in [2.45, 2.75) is 59.2 Å². The molecule has 0 unspecified atom stereocenters. The topological polar surface area (TPSA) is 44.5 Å². The van der Waals surface area contributed by atoms with Gasteiger partial charge in [0.15, 0.2) is 0 Å². The third kappa shape index (κ3) is 3.11. The van der Waals surface area contributed by atoms with Gasteiger partial charge in [0.25, 0.3) is 0 Å². The van der Waals surface area contributed by atoms with Crippen LogP contribution in [0.4, 0.5) is 0 Å². The highest BCUT2D eigenvalue weighted by Crippen LogP contribution is 2.38. The second kappa shape index (κ2) is 5.28. The summed E-state index contributed by atoms with van der Waals surface area (Å²) in [4.78, 5) is 0. The average molecular weight is 272 g/mol. The number of rotatable bonds is 3. The van der Waals surface area contributed by atoms with Crippen molar-refractivity contribution in [1.29, 1.82) is 0 Å². The van der Waals surface area contributed by atoms with Gasteiger partial charge in [0.05, 0.1) is 11.2 Å². The van der Waals surface area contributed by atoms with Crippen molar-refractivity contribution in [2.75, 3.05) is 0 Å². The molecule has 1 fully saturated rings. The molecule has 1 heterocycles. The van der Waals surface area contributed by atoms with Crippen LogP contribution < -0.4 is 5.73 Å². The van der Waals surface area contributed by atoms with Gasteiger partial charge in [0, 0.05) is 10.7 Å². The summed E-state index contributed by atoms with van der Waals surface area (Å²) in [5, 5.41) is 0.725. The van der Waals surface area contributed by atoms with E-state index in [0.29, 0.717) is 5.70 Å². The van der Waals surface area contributed by atoms with E-state index < -0.39 is 7.12 Å². The fraction of sp³-hybridized carbons (Fsp3) is 0.692. The lowest BCUT2D eigenvalue weighted by atomic mass is 9.78. The summed E-state index contributed by atoms with van der Waals surface area (Å²) in [6.07, 6.45) is 2.53. The molecule has 18 heavy (non-hydrogen) atoms. The Morgan fingerprint density at radius 1 is 1.22 bits per heavy atom. The van der Waals surface area contributed by atoms with Crippen LogP contribution in [0, 0.1) is 0 Å². The van der Waals surface area contributed by atoms with Gasteiger partial charge in [-0.1, -0.05) is 18.5 Å². The number of hydrogen-bond donors (Lipinski definition) is 1. The summed E-state index contributed by atoms with van der Waals surface area (Å²) in [6, 6.07) is 0. The molecule has 1 saturated heterocycles. The van der Waals surface area contributed by atoms with E-state index in [-0.39, 0.29) is 11.2 Å². The molecule has 1 aliphatic rings. The fourth-order valence-corrected chi connectivity index (χ4v) is 1.66. The zero-order valence-corrected chi connectivity index (χ0v) is 12.9. The van der Waals surface area contributed by atoms with Crippen molar-refractivity contribution < 1.29 is 9.31 Å². The van der Waals surface area contributed by atoms with E-state index in [0.717, 1.165) is 16.9 Å². The highest BCUT2D eigenvalue weighted by Gasteiger charge is 2.51. The number of halogens is 1. The zero-order valence-electron chi connectivity index (χ0n) is 12.1. The molecule has 3 nitrogen and oxygen atoms in total. The highest BCUT2D eigenvalue weighted by atomic mass is 35.5. The van der Waals surface area contributed by atoms with Crippen LogP contribution in [0.5, 0.6) is 0 Å². The Balaban J connectivity index is 2.94. The summed E-state index contributed by atoms with van der Waals surface area (Å²) in [5.41, 5.74) is 6.78. The van der Waals surface area contributed by atoms with E-state index in [4.69, 9.17) is 26.6 Å². The smallest absolute Gasteiger partial charge is 0.400 e. The van der Waals surface area contributed by atoms with Crippen molar-refractivity contribution in [3.63, 3.8) is 0 Å². The van der Waals surface area contributed by atoms with Crippen LogP contribution in [0.3, 0.4) is 0 Å². The Bertz CT molecular complexity index is 372. The molecule has 1 aliphatic heterocycles. The molecule has 0 spiro atoms. The normalized spacial score (nSPS) is 24.2. The fourth-order valence-electron chi connectivity index (χ4n) is 1.54. The highest BCUT2D eigenvalue weighted by molar-refractivity contribution is 6.54. The van der Waals surface area contributed by atoms with Gasteiger partial charge >= 0.3 is 7.12 Å². The largest absolute Gasteiger partial charge is 0.492 e. The van der Waals surface area contributed by atoms with Gasteiger partial charge in [-0.05, 0) is 52.6 Å². The summed E-state index contributed by atoms with van der Waals surface area (Å²) < 4.78 is 11.9.